The third kappa shape index (κ3) is 5.29. The summed E-state index contributed by atoms with van der Waals surface area (Å²) in [6, 6.07) is 6.88. The Morgan fingerprint density at radius 3 is 2.38 bits per heavy atom. The molecule has 0 bridgehead atoms. The fourth-order valence-corrected chi connectivity index (χ4v) is 3.16. The number of benzene rings is 1. The van der Waals surface area contributed by atoms with Gasteiger partial charge in [-0.15, -0.1) is 0 Å². The molecule has 1 heterocycles. The van der Waals surface area contributed by atoms with E-state index in [0.717, 1.165) is 0 Å². The van der Waals surface area contributed by atoms with Crippen molar-refractivity contribution in [3.63, 3.8) is 0 Å². The van der Waals surface area contributed by atoms with E-state index in [-0.39, 0.29) is 23.6 Å². The van der Waals surface area contributed by atoms with Crippen molar-refractivity contribution in [3.05, 3.63) is 29.8 Å². The zero-order valence-corrected chi connectivity index (χ0v) is 16.0. The highest BCUT2D eigenvalue weighted by molar-refractivity contribution is 5.96. The number of nitrogens with one attached hydrogen (secondary N) is 1. The highest BCUT2D eigenvalue weighted by Crippen LogP contribution is 2.19. The lowest BCUT2D eigenvalue weighted by molar-refractivity contribution is -0.127. The second-order valence-corrected chi connectivity index (χ2v) is 7.05. The van der Waals surface area contributed by atoms with E-state index in [2.05, 4.69) is 5.32 Å². The van der Waals surface area contributed by atoms with E-state index < -0.39 is 0 Å². The molecular weight excluding hydrogens is 332 g/mol. The molecule has 142 valence electrons. The Kier molecular flexibility index (Phi) is 6.74. The molecule has 1 aliphatic heterocycles. The molecule has 3 amide bonds. The van der Waals surface area contributed by atoms with E-state index in [1.165, 1.54) is 0 Å². The molecule has 1 aliphatic rings. The Balaban J connectivity index is 1.90. The summed E-state index contributed by atoms with van der Waals surface area (Å²) in [7, 11) is 5.41. The number of rotatable bonds is 7. The molecule has 1 fully saturated rings. The van der Waals surface area contributed by atoms with Crippen LogP contribution in [-0.4, -0.2) is 79.7 Å². The third-order valence-corrected chi connectivity index (χ3v) is 4.43. The van der Waals surface area contributed by atoms with Gasteiger partial charge in [-0.3, -0.25) is 14.4 Å². The van der Waals surface area contributed by atoms with Gasteiger partial charge in [-0.25, -0.2) is 0 Å². The average Bonchev–Trinajstić information content (AvgIpc) is 2.93. The minimum Gasteiger partial charge on any atom is -0.343 e. The molecule has 2 rings (SSSR count). The second kappa shape index (κ2) is 8.80. The smallest absolute Gasteiger partial charge is 0.253 e. The summed E-state index contributed by atoms with van der Waals surface area (Å²) in [5, 5.41) is 2.80. The molecule has 1 saturated heterocycles. The molecule has 7 nitrogen and oxygen atoms in total. The largest absolute Gasteiger partial charge is 0.343 e. The first-order valence-corrected chi connectivity index (χ1v) is 8.88. The van der Waals surface area contributed by atoms with Gasteiger partial charge in [-0.2, -0.15) is 0 Å². The number of hydrogen-bond donors (Lipinski definition) is 1. The Hall–Kier alpha value is -2.41. The van der Waals surface area contributed by atoms with Crippen LogP contribution in [0, 0.1) is 5.92 Å². The number of carbonyl (C=O) groups excluding carboxylic acids is 3. The van der Waals surface area contributed by atoms with Crippen LogP contribution in [0.25, 0.3) is 0 Å². The summed E-state index contributed by atoms with van der Waals surface area (Å²) in [4.78, 5) is 41.4. The second-order valence-electron chi connectivity index (χ2n) is 7.05. The number of likely N-dealkylation sites (N-methyl/N-ethyl adjacent to an activating group) is 1. The Bertz CT molecular complexity index is 657. The number of carbonyl (C=O) groups is 3. The van der Waals surface area contributed by atoms with E-state index in [4.69, 9.17) is 0 Å². The average molecular weight is 360 g/mol. The van der Waals surface area contributed by atoms with E-state index in [0.29, 0.717) is 43.9 Å². The van der Waals surface area contributed by atoms with E-state index in [1.807, 2.05) is 25.9 Å². The predicted molar refractivity (Wildman–Crippen MR) is 101 cm³/mol. The minimum atomic E-state index is -0.0995. The first-order chi connectivity index (χ1) is 12.3. The summed E-state index contributed by atoms with van der Waals surface area (Å²) in [5.74, 6) is 0.160. The maximum absolute atomic E-state index is 12.6. The Labute approximate surface area is 154 Å². The maximum Gasteiger partial charge on any atom is 0.253 e. The highest BCUT2D eigenvalue weighted by atomic mass is 16.2. The lowest BCUT2D eigenvalue weighted by Gasteiger charge is -2.21. The molecule has 0 aliphatic carbocycles. The molecule has 0 unspecified atom stereocenters. The van der Waals surface area contributed by atoms with Crippen molar-refractivity contribution in [2.24, 2.45) is 5.92 Å². The SMILES string of the molecule is CCN1C[C@H](CN(C)C(=O)c2ccc(NC(=O)CN(C)C)cc2)CC1=O. The fraction of sp³-hybridized carbons (Fsp3) is 0.526. The Morgan fingerprint density at radius 2 is 1.85 bits per heavy atom. The van der Waals surface area contributed by atoms with Crippen LogP contribution in [0.3, 0.4) is 0 Å². The van der Waals surface area contributed by atoms with Gasteiger partial charge in [0.2, 0.25) is 11.8 Å². The fourth-order valence-electron chi connectivity index (χ4n) is 3.16. The van der Waals surface area contributed by atoms with Crippen LogP contribution in [0.1, 0.15) is 23.7 Å². The quantitative estimate of drug-likeness (QED) is 0.791. The van der Waals surface area contributed by atoms with Crippen molar-refractivity contribution < 1.29 is 14.4 Å². The molecule has 26 heavy (non-hydrogen) atoms. The van der Waals surface area contributed by atoms with Crippen molar-refractivity contribution in [3.8, 4) is 0 Å². The van der Waals surface area contributed by atoms with Crippen LogP contribution in [0.15, 0.2) is 24.3 Å². The zero-order chi connectivity index (χ0) is 19.3. The van der Waals surface area contributed by atoms with Crippen molar-refractivity contribution in [1.82, 2.24) is 14.7 Å². The van der Waals surface area contributed by atoms with Crippen LogP contribution in [0.5, 0.6) is 0 Å². The van der Waals surface area contributed by atoms with Gasteiger partial charge in [0.25, 0.3) is 5.91 Å². The first-order valence-electron chi connectivity index (χ1n) is 8.88. The number of hydrogen-bond acceptors (Lipinski definition) is 4. The van der Waals surface area contributed by atoms with Gasteiger partial charge in [0.15, 0.2) is 0 Å². The summed E-state index contributed by atoms with van der Waals surface area (Å²) >= 11 is 0. The van der Waals surface area contributed by atoms with Gasteiger partial charge in [0, 0.05) is 50.3 Å². The maximum atomic E-state index is 12.6. The van der Waals surface area contributed by atoms with Crippen LogP contribution < -0.4 is 5.32 Å². The van der Waals surface area contributed by atoms with Crippen molar-refractivity contribution >= 4 is 23.4 Å². The molecule has 0 radical (unpaired) electrons. The van der Waals surface area contributed by atoms with E-state index >= 15 is 0 Å². The molecule has 1 atom stereocenters. The molecule has 7 heteroatoms. The minimum absolute atomic E-state index is 0.0847. The van der Waals surface area contributed by atoms with Gasteiger partial charge in [-0.05, 0) is 45.3 Å². The molecule has 1 N–H and O–H groups in total. The van der Waals surface area contributed by atoms with E-state index in [9.17, 15) is 14.4 Å². The normalized spacial score (nSPS) is 16.9. The molecule has 0 saturated carbocycles. The molecule has 1 aromatic carbocycles. The van der Waals surface area contributed by atoms with Gasteiger partial charge in [0.1, 0.15) is 0 Å². The molecule has 1 aromatic rings. The summed E-state index contributed by atoms with van der Waals surface area (Å²) < 4.78 is 0. The number of anilines is 1. The topological polar surface area (TPSA) is 73.0 Å². The standard InChI is InChI=1S/C19H28N4O3/c1-5-23-12-14(10-18(23)25)11-22(4)19(26)15-6-8-16(9-7-15)20-17(24)13-21(2)3/h6-9,14H,5,10-13H2,1-4H3,(H,20,24)/t14-/m0/s1. The number of likely N-dealkylation sites (tertiary alicyclic amines) is 1. The van der Waals surface area contributed by atoms with E-state index in [1.54, 1.807) is 41.1 Å². The third-order valence-electron chi connectivity index (χ3n) is 4.43. The monoisotopic (exact) mass is 360 g/mol. The van der Waals surface area contributed by atoms with Crippen LogP contribution in [-0.2, 0) is 9.59 Å². The molecular formula is C19H28N4O3. The van der Waals surface area contributed by atoms with Crippen molar-refractivity contribution in [1.29, 1.82) is 0 Å². The lowest BCUT2D eigenvalue weighted by Crippen LogP contribution is -2.33. The van der Waals surface area contributed by atoms with Crippen molar-refractivity contribution in [2.45, 2.75) is 13.3 Å². The number of nitrogens with zero attached hydrogens (tertiary/aromatic N) is 3. The Morgan fingerprint density at radius 1 is 1.19 bits per heavy atom. The van der Waals surface area contributed by atoms with Crippen LogP contribution in [0.2, 0.25) is 0 Å². The van der Waals surface area contributed by atoms with Gasteiger partial charge in [0.05, 0.1) is 6.54 Å². The highest BCUT2D eigenvalue weighted by Gasteiger charge is 2.30. The lowest BCUT2D eigenvalue weighted by atomic mass is 10.1. The van der Waals surface area contributed by atoms with Gasteiger partial charge in [-0.1, -0.05) is 0 Å². The molecule has 0 aromatic heterocycles. The first kappa shape index (κ1) is 19.9. The van der Waals surface area contributed by atoms with Crippen LogP contribution >= 0.6 is 0 Å². The zero-order valence-electron chi connectivity index (χ0n) is 16.0. The van der Waals surface area contributed by atoms with Crippen molar-refractivity contribution in [2.75, 3.05) is 52.6 Å². The predicted octanol–water partition coefficient (Wildman–Crippen LogP) is 1.13. The van der Waals surface area contributed by atoms with Gasteiger partial charge >= 0.3 is 0 Å². The summed E-state index contributed by atoms with van der Waals surface area (Å²) in [5.41, 5.74) is 1.23. The van der Waals surface area contributed by atoms with Gasteiger partial charge < -0.3 is 20.0 Å². The summed E-state index contributed by atoms with van der Waals surface area (Å²) in [6.45, 7) is 4.26. The van der Waals surface area contributed by atoms with Crippen LogP contribution in [0.4, 0.5) is 5.69 Å². The summed E-state index contributed by atoms with van der Waals surface area (Å²) in [6.07, 6.45) is 0.502. The number of amides is 3. The molecule has 0 spiro atoms.